The zero-order chi connectivity index (χ0) is 21.2. The lowest BCUT2D eigenvalue weighted by molar-refractivity contribution is -0.126. The zero-order valence-corrected chi connectivity index (χ0v) is 18.1. The fourth-order valence-corrected chi connectivity index (χ4v) is 4.94. The molecule has 1 aromatic carbocycles. The molecule has 0 atom stereocenters. The number of amides is 2. The average molecular weight is 421 g/mol. The molecule has 0 bridgehead atoms. The molecule has 6 nitrogen and oxygen atoms in total. The minimum Gasteiger partial charge on any atom is -0.356 e. The molecule has 6 heteroatoms. The summed E-state index contributed by atoms with van der Waals surface area (Å²) < 4.78 is 0. The third kappa shape index (κ3) is 4.68. The minimum absolute atomic E-state index is 0.00280. The molecular weight excluding hydrogens is 388 g/mol. The minimum atomic E-state index is -0.00280. The van der Waals surface area contributed by atoms with E-state index in [2.05, 4.69) is 15.5 Å². The normalized spacial score (nSPS) is 20.6. The topological polar surface area (TPSA) is 74.3 Å². The van der Waals surface area contributed by atoms with Gasteiger partial charge in [0, 0.05) is 36.5 Å². The van der Waals surface area contributed by atoms with Crippen LogP contribution in [0.1, 0.15) is 68.1 Å². The van der Waals surface area contributed by atoms with Gasteiger partial charge in [-0.3, -0.25) is 9.59 Å². The first-order chi connectivity index (χ1) is 15.2. The van der Waals surface area contributed by atoms with Crippen LogP contribution in [0.25, 0.3) is 10.9 Å². The third-order valence-corrected chi connectivity index (χ3v) is 7.00. The lowest BCUT2D eigenvalue weighted by Crippen LogP contribution is -2.46. The molecular formula is C25H32N4O2. The molecule has 0 radical (unpaired) electrons. The first-order valence-corrected chi connectivity index (χ1v) is 11.9. The van der Waals surface area contributed by atoms with Gasteiger partial charge in [0.1, 0.15) is 5.82 Å². The van der Waals surface area contributed by atoms with Crippen LogP contribution in [0.5, 0.6) is 0 Å². The summed E-state index contributed by atoms with van der Waals surface area (Å²) in [6, 6.07) is 10.4. The quantitative estimate of drug-likeness (QED) is 0.772. The van der Waals surface area contributed by atoms with Gasteiger partial charge in [0.15, 0.2) is 0 Å². The van der Waals surface area contributed by atoms with Crippen molar-refractivity contribution >= 4 is 28.5 Å². The Labute approximate surface area is 183 Å². The molecule has 1 aliphatic heterocycles. The highest BCUT2D eigenvalue weighted by molar-refractivity contribution is 6.07. The highest BCUT2D eigenvalue weighted by Gasteiger charge is 2.28. The molecule has 0 unspecified atom stereocenters. The van der Waals surface area contributed by atoms with Gasteiger partial charge in [-0.05, 0) is 50.7 Å². The number of carbonyl (C=O) groups is 2. The fourth-order valence-electron chi connectivity index (χ4n) is 4.94. The Bertz CT molecular complexity index is 957. The first kappa shape index (κ1) is 20.3. The number of rotatable bonds is 5. The molecule has 1 saturated heterocycles. The van der Waals surface area contributed by atoms with E-state index in [9.17, 15) is 9.59 Å². The van der Waals surface area contributed by atoms with Crippen LogP contribution in [0.2, 0.25) is 0 Å². The maximum absolute atomic E-state index is 12.9. The van der Waals surface area contributed by atoms with Crippen molar-refractivity contribution in [2.75, 3.05) is 18.0 Å². The lowest BCUT2D eigenvalue weighted by atomic mass is 9.88. The van der Waals surface area contributed by atoms with Crippen molar-refractivity contribution in [2.24, 2.45) is 5.92 Å². The van der Waals surface area contributed by atoms with Gasteiger partial charge >= 0.3 is 0 Å². The van der Waals surface area contributed by atoms with Crippen LogP contribution in [0.15, 0.2) is 30.3 Å². The van der Waals surface area contributed by atoms with Gasteiger partial charge < -0.3 is 15.5 Å². The van der Waals surface area contributed by atoms with Crippen molar-refractivity contribution in [1.82, 2.24) is 15.6 Å². The van der Waals surface area contributed by atoms with Crippen LogP contribution < -0.4 is 15.5 Å². The Balaban J connectivity index is 1.27. The van der Waals surface area contributed by atoms with Crippen LogP contribution in [-0.4, -0.2) is 42.0 Å². The van der Waals surface area contributed by atoms with E-state index < -0.39 is 0 Å². The average Bonchev–Trinajstić information content (AvgIpc) is 3.63. The number of anilines is 1. The van der Waals surface area contributed by atoms with Crippen molar-refractivity contribution in [2.45, 2.75) is 69.9 Å². The van der Waals surface area contributed by atoms with Crippen molar-refractivity contribution < 1.29 is 9.59 Å². The Kier molecular flexibility index (Phi) is 5.79. The van der Waals surface area contributed by atoms with Gasteiger partial charge in [0.25, 0.3) is 5.91 Å². The second kappa shape index (κ2) is 8.85. The van der Waals surface area contributed by atoms with E-state index in [-0.39, 0.29) is 23.8 Å². The molecule has 3 fully saturated rings. The number of benzene rings is 1. The molecule has 2 aliphatic carbocycles. The second-order valence-corrected chi connectivity index (χ2v) is 9.40. The molecule has 2 aromatic rings. The number of carbonyl (C=O) groups excluding carboxylic acids is 2. The van der Waals surface area contributed by atoms with E-state index in [0.717, 1.165) is 68.3 Å². The Morgan fingerprint density at radius 1 is 0.871 bits per heavy atom. The van der Waals surface area contributed by atoms with Crippen LogP contribution in [0.4, 0.5) is 5.82 Å². The molecule has 2 saturated carbocycles. The molecule has 2 N–H and O–H groups in total. The highest BCUT2D eigenvalue weighted by Crippen LogP contribution is 2.28. The van der Waals surface area contributed by atoms with E-state index in [4.69, 9.17) is 4.98 Å². The highest BCUT2D eigenvalue weighted by atomic mass is 16.2. The number of nitrogens with one attached hydrogen (secondary N) is 2. The Hall–Kier alpha value is -2.63. The predicted octanol–water partition coefficient (Wildman–Crippen LogP) is 3.79. The molecule has 5 rings (SSSR count). The molecule has 2 amide bonds. The number of pyridine rings is 1. The summed E-state index contributed by atoms with van der Waals surface area (Å²) in [5.41, 5.74) is 1.56. The maximum Gasteiger partial charge on any atom is 0.252 e. The van der Waals surface area contributed by atoms with E-state index in [1.807, 2.05) is 30.3 Å². The van der Waals surface area contributed by atoms with Gasteiger partial charge in [-0.1, -0.05) is 37.5 Å². The standard InChI is InChI=1S/C25H32N4O2/c30-24(17-6-2-1-3-7-17)26-19-12-14-29(15-13-19)23-16-21(25(31)27-18-10-11-18)20-8-4-5-9-22(20)28-23/h4-5,8-9,16-19H,1-3,6-7,10-15H2,(H,26,30)(H,27,31). The smallest absolute Gasteiger partial charge is 0.252 e. The number of para-hydroxylation sites is 1. The van der Waals surface area contributed by atoms with E-state index >= 15 is 0 Å². The number of piperidine rings is 1. The Morgan fingerprint density at radius 3 is 2.32 bits per heavy atom. The number of hydrogen-bond acceptors (Lipinski definition) is 4. The van der Waals surface area contributed by atoms with Crippen molar-refractivity contribution in [3.05, 3.63) is 35.9 Å². The number of hydrogen-bond donors (Lipinski definition) is 2. The van der Waals surface area contributed by atoms with Crippen molar-refractivity contribution in [1.29, 1.82) is 0 Å². The number of fused-ring (bicyclic) bond motifs is 1. The maximum atomic E-state index is 12.9. The Morgan fingerprint density at radius 2 is 1.58 bits per heavy atom. The third-order valence-electron chi connectivity index (χ3n) is 7.00. The van der Waals surface area contributed by atoms with E-state index in [1.165, 1.54) is 19.3 Å². The number of aromatic nitrogens is 1. The fraction of sp³-hybridized carbons (Fsp3) is 0.560. The van der Waals surface area contributed by atoms with Crippen LogP contribution in [0.3, 0.4) is 0 Å². The summed E-state index contributed by atoms with van der Waals surface area (Å²) >= 11 is 0. The second-order valence-electron chi connectivity index (χ2n) is 9.40. The summed E-state index contributed by atoms with van der Waals surface area (Å²) in [4.78, 5) is 32.6. The van der Waals surface area contributed by atoms with Crippen LogP contribution >= 0.6 is 0 Å². The van der Waals surface area contributed by atoms with Gasteiger partial charge in [-0.2, -0.15) is 0 Å². The summed E-state index contributed by atoms with van der Waals surface area (Å²) in [5.74, 6) is 1.32. The van der Waals surface area contributed by atoms with Crippen LogP contribution in [-0.2, 0) is 4.79 Å². The van der Waals surface area contributed by atoms with Crippen LogP contribution in [0, 0.1) is 5.92 Å². The molecule has 0 spiro atoms. The zero-order valence-electron chi connectivity index (χ0n) is 18.1. The summed E-state index contributed by atoms with van der Waals surface area (Å²) in [6.07, 6.45) is 9.68. The molecule has 1 aromatic heterocycles. The van der Waals surface area contributed by atoms with Crippen molar-refractivity contribution in [3.8, 4) is 0 Å². The van der Waals surface area contributed by atoms with Gasteiger partial charge in [0.2, 0.25) is 5.91 Å². The largest absolute Gasteiger partial charge is 0.356 e. The van der Waals surface area contributed by atoms with E-state index in [0.29, 0.717) is 11.6 Å². The van der Waals surface area contributed by atoms with Crippen molar-refractivity contribution in [3.63, 3.8) is 0 Å². The van der Waals surface area contributed by atoms with Gasteiger partial charge in [-0.15, -0.1) is 0 Å². The first-order valence-electron chi connectivity index (χ1n) is 11.9. The molecule has 3 aliphatic rings. The van der Waals surface area contributed by atoms with E-state index in [1.54, 1.807) is 0 Å². The summed E-state index contributed by atoms with van der Waals surface area (Å²) in [6.45, 7) is 1.68. The molecule has 2 heterocycles. The SMILES string of the molecule is O=C(NC1CC1)c1cc(N2CCC(NC(=O)C3CCCCC3)CC2)nc2ccccc12. The lowest BCUT2D eigenvalue weighted by Gasteiger charge is -2.34. The molecule has 31 heavy (non-hydrogen) atoms. The summed E-state index contributed by atoms with van der Waals surface area (Å²) in [5, 5.41) is 7.32. The predicted molar refractivity (Wildman–Crippen MR) is 122 cm³/mol. The summed E-state index contributed by atoms with van der Waals surface area (Å²) in [7, 11) is 0. The molecule has 164 valence electrons. The van der Waals surface area contributed by atoms with Gasteiger partial charge in [0.05, 0.1) is 11.1 Å². The van der Waals surface area contributed by atoms with Gasteiger partial charge in [-0.25, -0.2) is 4.98 Å². The number of nitrogens with zero attached hydrogens (tertiary/aromatic N) is 2. The monoisotopic (exact) mass is 420 g/mol.